The van der Waals surface area contributed by atoms with E-state index < -0.39 is 5.60 Å². The van der Waals surface area contributed by atoms with Gasteiger partial charge in [0.1, 0.15) is 18.1 Å². The molecule has 2 heterocycles. The molecule has 1 aromatic carbocycles. The Morgan fingerprint density at radius 2 is 1.97 bits per heavy atom. The number of aliphatic hydroxyl groups excluding tert-OH is 1. The van der Waals surface area contributed by atoms with E-state index >= 15 is 0 Å². The summed E-state index contributed by atoms with van der Waals surface area (Å²) < 4.78 is 5.57. The lowest BCUT2D eigenvalue weighted by Gasteiger charge is -2.37. The molecule has 1 aromatic heterocycles. The molecule has 2 aliphatic rings. The van der Waals surface area contributed by atoms with Crippen LogP contribution >= 0.6 is 11.6 Å². The van der Waals surface area contributed by atoms with Gasteiger partial charge in [0, 0.05) is 29.1 Å². The zero-order chi connectivity index (χ0) is 20.6. The quantitative estimate of drug-likeness (QED) is 0.765. The van der Waals surface area contributed by atoms with Crippen LogP contribution < -0.4 is 0 Å². The monoisotopic (exact) mass is 417 g/mol. The van der Waals surface area contributed by atoms with Crippen LogP contribution in [-0.4, -0.2) is 39.2 Å². The summed E-state index contributed by atoms with van der Waals surface area (Å²) in [6.45, 7) is 2.55. The largest absolute Gasteiger partial charge is 0.459 e. The number of halogens is 1. The van der Waals surface area contributed by atoms with E-state index in [-0.39, 0.29) is 24.5 Å². The van der Waals surface area contributed by atoms with E-state index in [0.717, 1.165) is 49.8 Å². The highest BCUT2D eigenvalue weighted by Gasteiger charge is 2.39. The summed E-state index contributed by atoms with van der Waals surface area (Å²) in [6, 6.07) is 9.58. The summed E-state index contributed by atoms with van der Waals surface area (Å²) in [5, 5.41) is 19.9. The van der Waals surface area contributed by atoms with Gasteiger partial charge in [0.2, 0.25) is 5.91 Å². The van der Waals surface area contributed by atoms with Crippen molar-refractivity contribution in [1.29, 1.82) is 0 Å². The number of nitrogens with zero attached hydrogens (tertiary/aromatic N) is 1. The molecule has 0 spiro atoms. The van der Waals surface area contributed by atoms with Gasteiger partial charge < -0.3 is 19.5 Å². The predicted octanol–water partition coefficient (Wildman–Crippen LogP) is 4.18. The molecule has 2 N–H and O–H groups in total. The summed E-state index contributed by atoms with van der Waals surface area (Å²) >= 11 is 6.52. The van der Waals surface area contributed by atoms with Gasteiger partial charge in [0.05, 0.1) is 5.60 Å². The lowest BCUT2D eigenvalue weighted by Crippen LogP contribution is -2.43. The van der Waals surface area contributed by atoms with E-state index in [9.17, 15) is 9.90 Å². The van der Waals surface area contributed by atoms with Crippen molar-refractivity contribution >= 4 is 17.5 Å². The second kappa shape index (κ2) is 8.13. The van der Waals surface area contributed by atoms with Crippen LogP contribution in [0, 0.1) is 5.92 Å². The first-order chi connectivity index (χ1) is 13.9. The van der Waals surface area contributed by atoms with Gasteiger partial charge >= 0.3 is 0 Å². The fraction of sp³-hybridized carbons (Fsp3) is 0.522. The molecule has 4 rings (SSSR count). The van der Waals surface area contributed by atoms with Crippen LogP contribution in [0.25, 0.3) is 11.3 Å². The summed E-state index contributed by atoms with van der Waals surface area (Å²) in [4.78, 5) is 15.0. The lowest BCUT2D eigenvalue weighted by atomic mass is 9.83. The molecule has 0 bridgehead atoms. The molecule has 1 unspecified atom stereocenters. The van der Waals surface area contributed by atoms with Gasteiger partial charge in [0.25, 0.3) is 0 Å². The van der Waals surface area contributed by atoms with Gasteiger partial charge in [-0.1, -0.05) is 23.7 Å². The maximum Gasteiger partial charge on any atom is 0.226 e. The second-order valence-electron chi connectivity index (χ2n) is 8.68. The first-order valence-corrected chi connectivity index (χ1v) is 10.8. The Morgan fingerprint density at radius 1 is 1.21 bits per heavy atom. The molecule has 1 aliphatic heterocycles. The number of hydrogen-bond acceptors (Lipinski definition) is 4. The van der Waals surface area contributed by atoms with Crippen LogP contribution in [0.1, 0.15) is 50.4 Å². The molecular formula is C23H28ClNO4. The number of rotatable bonds is 5. The van der Waals surface area contributed by atoms with E-state index in [4.69, 9.17) is 21.1 Å². The second-order valence-corrected chi connectivity index (χ2v) is 9.09. The molecule has 1 atom stereocenters. The number of amides is 1. The molecule has 2 fully saturated rings. The smallest absolute Gasteiger partial charge is 0.226 e. The molecule has 29 heavy (non-hydrogen) atoms. The zero-order valence-corrected chi connectivity index (χ0v) is 17.5. The Bertz CT molecular complexity index is 881. The minimum atomic E-state index is -0.583. The Hall–Kier alpha value is -1.82. The Kier molecular flexibility index (Phi) is 5.74. The number of likely N-dealkylation sites (tertiary alicyclic amines) is 1. The third kappa shape index (κ3) is 4.37. The van der Waals surface area contributed by atoms with Crippen LogP contribution in [0.4, 0.5) is 0 Å². The Morgan fingerprint density at radius 3 is 2.62 bits per heavy atom. The molecular weight excluding hydrogens is 390 g/mol. The first-order valence-electron chi connectivity index (χ1n) is 10.4. The number of aliphatic hydroxyl groups is 2. The van der Waals surface area contributed by atoms with Crippen molar-refractivity contribution in [3.05, 3.63) is 46.7 Å². The molecule has 1 aliphatic carbocycles. The highest BCUT2D eigenvalue weighted by molar-refractivity contribution is 6.31. The Labute approximate surface area is 176 Å². The number of hydrogen-bond donors (Lipinski definition) is 2. The van der Waals surface area contributed by atoms with Crippen LogP contribution in [0.5, 0.6) is 0 Å². The van der Waals surface area contributed by atoms with Crippen LogP contribution in [0.3, 0.4) is 0 Å². The number of furan rings is 1. The summed E-state index contributed by atoms with van der Waals surface area (Å²) in [7, 11) is 0. The van der Waals surface area contributed by atoms with E-state index in [1.165, 1.54) is 0 Å². The van der Waals surface area contributed by atoms with Crippen molar-refractivity contribution in [2.24, 2.45) is 5.92 Å². The van der Waals surface area contributed by atoms with Gasteiger partial charge in [-0.05, 0) is 69.2 Å². The van der Waals surface area contributed by atoms with E-state index in [1.54, 1.807) is 6.07 Å². The summed E-state index contributed by atoms with van der Waals surface area (Å²) in [6.07, 6.45) is 4.74. The van der Waals surface area contributed by atoms with Crippen molar-refractivity contribution < 1.29 is 19.4 Å². The van der Waals surface area contributed by atoms with Gasteiger partial charge in [0.15, 0.2) is 0 Å². The minimum Gasteiger partial charge on any atom is -0.459 e. The van der Waals surface area contributed by atoms with Crippen molar-refractivity contribution in [2.45, 2.75) is 63.7 Å². The fourth-order valence-corrected chi connectivity index (χ4v) is 4.86. The van der Waals surface area contributed by atoms with Crippen molar-refractivity contribution in [3.8, 4) is 11.3 Å². The number of benzene rings is 1. The number of carbonyl (C=O) groups excluding carboxylic acids is 1. The molecule has 1 saturated heterocycles. The van der Waals surface area contributed by atoms with Crippen molar-refractivity contribution in [1.82, 2.24) is 4.90 Å². The third-order valence-electron chi connectivity index (χ3n) is 6.45. The fourth-order valence-electron chi connectivity index (χ4n) is 4.60. The highest BCUT2D eigenvalue weighted by Crippen LogP contribution is 2.35. The topological polar surface area (TPSA) is 73.9 Å². The molecule has 156 valence electrons. The average Bonchev–Trinajstić information content (AvgIpc) is 3.31. The van der Waals surface area contributed by atoms with Crippen LogP contribution in [-0.2, 0) is 17.8 Å². The predicted molar refractivity (Wildman–Crippen MR) is 111 cm³/mol. The highest BCUT2D eigenvalue weighted by atomic mass is 35.5. The normalized spacial score (nSPS) is 27.6. The maximum atomic E-state index is 13.0. The maximum absolute atomic E-state index is 13.0. The van der Waals surface area contributed by atoms with Gasteiger partial charge in [-0.15, -0.1) is 0 Å². The molecule has 1 amide bonds. The SMILES string of the molecule is CC1(O)CCC(N2CCC(Cc3ccc(-c4ccc(CO)o4)cc3Cl)C2=O)CC1. The summed E-state index contributed by atoms with van der Waals surface area (Å²) in [5.41, 5.74) is 1.24. The third-order valence-corrected chi connectivity index (χ3v) is 6.80. The zero-order valence-electron chi connectivity index (χ0n) is 16.7. The van der Waals surface area contributed by atoms with E-state index in [1.807, 2.05) is 36.1 Å². The molecule has 1 saturated carbocycles. The van der Waals surface area contributed by atoms with E-state index in [0.29, 0.717) is 23.0 Å². The minimum absolute atomic E-state index is 0.0367. The molecule has 0 radical (unpaired) electrons. The van der Waals surface area contributed by atoms with Gasteiger partial charge in [-0.25, -0.2) is 0 Å². The average molecular weight is 418 g/mol. The standard InChI is InChI=1S/C23H28ClNO4/c1-23(28)9-6-18(7-10-23)25-11-8-17(22(25)27)12-15-2-3-16(13-20(15)24)21-5-4-19(14-26)29-21/h2-5,13,17-18,26,28H,6-12,14H2,1H3. The van der Waals surface area contributed by atoms with Crippen molar-refractivity contribution in [2.75, 3.05) is 6.54 Å². The molecule has 6 heteroatoms. The summed E-state index contributed by atoms with van der Waals surface area (Å²) in [5.74, 6) is 1.36. The lowest BCUT2D eigenvalue weighted by molar-refractivity contribution is -0.134. The molecule has 2 aromatic rings. The van der Waals surface area contributed by atoms with E-state index in [2.05, 4.69) is 0 Å². The number of carbonyl (C=O) groups is 1. The van der Waals surface area contributed by atoms with Gasteiger partial charge in [-0.3, -0.25) is 4.79 Å². The Balaban J connectivity index is 1.41. The molecule has 5 nitrogen and oxygen atoms in total. The van der Waals surface area contributed by atoms with Gasteiger partial charge in [-0.2, -0.15) is 0 Å². The van der Waals surface area contributed by atoms with Crippen LogP contribution in [0.2, 0.25) is 5.02 Å². The van der Waals surface area contributed by atoms with Crippen LogP contribution in [0.15, 0.2) is 34.7 Å². The first kappa shape index (κ1) is 20.5. The van der Waals surface area contributed by atoms with Crippen molar-refractivity contribution in [3.63, 3.8) is 0 Å².